The molecule has 4 atom stereocenters. The Kier molecular flexibility index (Phi) is 16.8. The van der Waals surface area contributed by atoms with Gasteiger partial charge in [-0.15, -0.1) is 0 Å². The van der Waals surface area contributed by atoms with Crippen molar-refractivity contribution in [1.82, 2.24) is 0 Å². The molecular weight excluding hydrogens is 340 g/mol. The Hall–Kier alpha value is -2.28. The summed E-state index contributed by atoms with van der Waals surface area (Å²) in [4.78, 5) is 39.7. The van der Waals surface area contributed by atoms with Crippen molar-refractivity contribution < 1.29 is 39.6 Å². The first-order valence-corrected chi connectivity index (χ1v) is 7.15. The summed E-state index contributed by atoms with van der Waals surface area (Å²) in [6.07, 6.45) is 0.503. The number of aliphatic carboxylic acids is 3. The molecule has 0 saturated carbocycles. The summed E-state index contributed by atoms with van der Waals surface area (Å²) in [5, 5.41) is 32.4. The highest BCUT2D eigenvalue weighted by Crippen LogP contribution is 2.04. The Morgan fingerprint density at radius 2 is 1.28 bits per heavy atom. The standard InChI is InChI=1S/C6H13NO2.C4H8N2O3.C3H7NO3/c1-3-4(2)5(7)6(8)9;5-2(4(8)9)1-3(6)7;4-2(1-5)3(6)7/h4-5H,3,7H2,1-2H3,(H,8,9);2H,1,5H2,(H2,6,7)(H,8,9);2,5H,1,4H2,(H,6,7). The summed E-state index contributed by atoms with van der Waals surface area (Å²) >= 11 is 0. The van der Waals surface area contributed by atoms with E-state index in [9.17, 15) is 19.2 Å². The van der Waals surface area contributed by atoms with E-state index in [-0.39, 0.29) is 12.3 Å². The molecule has 0 aliphatic rings. The first-order valence-electron chi connectivity index (χ1n) is 7.15. The van der Waals surface area contributed by atoms with Gasteiger partial charge in [-0.2, -0.15) is 0 Å². The van der Waals surface area contributed by atoms with Crippen LogP contribution in [0.15, 0.2) is 0 Å². The summed E-state index contributed by atoms with van der Waals surface area (Å²) in [5.41, 5.74) is 19.6. The molecule has 0 rings (SSSR count). The van der Waals surface area contributed by atoms with E-state index >= 15 is 0 Å². The number of rotatable bonds is 8. The Balaban J connectivity index is -0.000000293. The number of hydrogen-bond donors (Lipinski definition) is 8. The molecule has 0 fully saturated rings. The van der Waals surface area contributed by atoms with E-state index in [1.54, 1.807) is 0 Å². The molecule has 12 N–H and O–H groups in total. The van der Waals surface area contributed by atoms with E-state index in [2.05, 4.69) is 5.73 Å². The van der Waals surface area contributed by atoms with Crippen LogP contribution in [0.25, 0.3) is 0 Å². The van der Waals surface area contributed by atoms with Crippen LogP contribution in [0, 0.1) is 5.92 Å². The molecule has 25 heavy (non-hydrogen) atoms. The molecule has 0 saturated heterocycles. The summed E-state index contributed by atoms with van der Waals surface area (Å²) in [6.45, 7) is 3.25. The van der Waals surface area contributed by atoms with Crippen molar-refractivity contribution in [2.24, 2.45) is 28.9 Å². The van der Waals surface area contributed by atoms with E-state index in [0.29, 0.717) is 0 Å². The molecule has 4 unspecified atom stereocenters. The minimum absolute atomic E-state index is 0.0718. The Labute approximate surface area is 144 Å². The molecule has 148 valence electrons. The van der Waals surface area contributed by atoms with Gasteiger partial charge in [0.25, 0.3) is 0 Å². The van der Waals surface area contributed by atoms with Gasteiger partial charge in [-0.05, 0) is 5.92 Å². The highest BCUT2D eigenvalue weighted by atomic mass is 16.4. The van der Waals surface area contributed by atoms with Crippen molar-refractivity contribution in [2.45, 2.75) is 44.8 Å². The first-order chi connectivity index (χ1) is 11.3. The summed E-state index contributed by atoms with van der Waals surface area (Å²) in [6, 6.07) is -2.99. The molecule has 0 bridgehead atoms. The molecular formula is C13H28N4O8. The van der Waals surface area contributed by atoms with Crippen LogP contribution in [0.4, 0.5) is 0 Å². The molecule has 0 aliphatic carbocycles. The fraction of sp³-hybridized carbons (Fsp3) is 0.692. The second-order valence-electron chi connectivity index (χ2n) is 4.99. The van der Waals surface area contributed by atoms with Gasteiger partial charge in [0.1, 0.15) is 18.1 Å². The third-order valence-electron chi connectivity index (χ3n) is 2.79. The van der Waals surface area contributed by atoms with E-state index < -0.39 is 48.5 Å². The van der Waals surface area contributed by atoms with Gasteiger partial charge in [-0.1, -0.05) is 20.3 Å². The van der Waals surface area contributed by atoms with Crippen LogP contribution in [0.2, 0.25) is 0 Å². The van der Waals surface area contributed by atoms with Crippen LogP contribution in [0.5, 0.6) is 0 Å². The number of aliphatic hydroxyl groups excluding tert-OH is 1. The van der Waals surface area contributed by atoms with Crippen molar-refractivity contribution in [2.75, 3.05) is 6.61 Å². The Morgan fingerprint density at radius 3 is 1.36 bits per heavy atom. The molecule has 0 heterocycles. The lowest BCUT2D eigenvalue weighted by Gasteiger charge is -2.11. The lowest BCUT2D eigenvalue weighted by atomic mass is 10.0. The van der Waals surface area contributed by atoms with Gasteiger partial charge in [0, 0.05) is 0 Å². The lowest BCUT2D eigenvalue weighted by molar-refractivity contribution is -0.140. The van der Waals surface area contributed by atoms with Gasteiger partial charge >= 0.3 is 17.9 Å². The largest absolute Gasteiger partial charge is 0.480 e. The maximum atomic E-state index is 10.2. The second kappa shape index (κ2) is 15.3. The van der Waals surface area contributed by atoms with E-state index in [0.717, 1.165) is 6.42 Å². The molecule has 12 nitrogen and oxygen atoms in total. The number of carboxylic acids is 3. The van der Waals surface area contributed by atoms with Gasteiger partial charge < -0.3 is 43.4 Å². The molecule has 0 radical (unpaired) electrons. The molecule has 0 aromatic carbocycles. The van der Waals surface area contributed by atoms with Gasteiger partial charge in [-0.3, -0.25) is 19.2 Å². The summed E-state index contributed by atoms with van der Waals surface area (Å²) < 4.78 is 0. The smallest absolute Gasteiger partial charge is 0.322 e. The molecule has 0 aliphatic heterocycles. The number of carboxylic acid groups (broad SMARTS) is 3. The number of nitrogens with two attached hydrogens (primary N) is 4. The van der Waals surface area contributed by atoms with Crippen molar-refractivity contribution >= 4 is 23.8 Å². The maximum Gasteiger partial charge on any atom is 0.322 e. The number of carbonyl (C=O) groups excluding carboxylic acids is 1. The van der Waals surface area contributed by atoms with Crippen molar-refractivity contribution in [3.63, 3.8) is 0 Å². The highest BCUT2D eigenvalue weighted by Gasteiger charge is 2.17. The fourth-order valence-electron chi connectivity index (χ4n) is 0.879. The van der Waals surface area contributed by atoms with E-state index in [1.807, 2.05) is 13.8 Å². The third-order valence-corrected chi connectivity index (χ3v) is 2.79. The monoisotopic (exact) mass is 368 g/mol. The molecule has 0 spiro atoms. The van der Waals surface area contributed by atoms with Crippen LogP contribution in [-0.2, 0) is 19.2 Å². The molecule has 12 heteroatoms. The van der Waals surface area contributed by atoms with Gasteiger partial charge in [-0.25, -0.2) is 0 Å². The number of hydrogen-bond acceptors (Lipinski definition) is 8. The highest BCUT2D eigenvalue weighted by molar-refractivity contribution is 5.83. The van der Waals surface area contributed by atoms with Gasteiger partial charge in [0.05, 0.1) is 13.0 Å². The zero-order valence-corrected chi connectivity index (χ0v) is 14.2. The predicted molar refractivity (Wildman–Crippen MR) is 87.2 cm³/mol. The Morgan fingerprint density at radius 1 is 0.880 bits per heavy atom. The molecule has 0 aromatic rings. The normalized spacial score (nSPS) is 14.3. The van der Waals surface area contributed by atoms with Crippen molar-refractivity contribution in [3.05, 3.63) is 0 Å². The molecule has 0 aromatic heterocycles. The van der Waals surface area contributed by atoms with Crippen molar-refractivity contribution in [3.8, 4) is 0 Å². The van der Waals surface area contributed by atoms with Crippen LogP contribution in [0.1, 0.15) is 26.7 Å². The van der Waals surface area contributed by atoms with Crippen LogP contribution >= 0.6 is 0 Å². The van der Waals surface area contributed by atoms with Gasteiger partial charge in [0.15, 0.2) is 0 Å². The van der Waals surface area contributed by atoms with Crippen LogP contribution < -0.4 is 22.9 Å². The van der Waals surface area contributed by atoms with Crippen molar-refractivity contribution in [1.29, 1.82) is 0 Å². The predicted octanol–water partition coefficient (Wildman–Crippen LogP) is -2.89. The lowest BCUT2D eigenvalue weighted by Crippen LogP contribution is -2.36. The zero-order chi connectivity index (χ0) is 20.7. The SMILES string of the molecule is CCC(C)C(N)C(=O)O.NC(=O)CC(N)C(=O)O.NC(CO)C(=O)O. The minimum atomic E-state index is -1.21. The number of amides is 1. The Bertz CT molecular complexity index is 432. The number of primary amides is 1. The number of aliphatic hydroxyl groups is 1. The minimum Gasteiger partial charge on any atom is -0.480 e. The zero-order valence-electron chi connectivity index (χ0n) is 14.2. The topological polar surface area (TPSA) is 253 Å². The second-order valence-corrected chi connectivity index (χ2v) is 4.99. The van der Waals surface area contributed by atoms with Crippen LogP contribution in [-0.4, -0.2) is 69.0 Å². The number of carbonyl (C=O) groups is 4. The van der Waals surface area contributed by atoms with Gasteiger partial charge in [0.2, 0.25) is 5.91 Å². The summed E-state index contributed by atoms with van der Waals surface area (Å²) in [7, 11) is 0. The summed E-state index contributed by atoms with van der Waals surface area (Å²) in [5.74, 6) is -3.94. The van der Waals surface area contributed by atoms with E-state index in [4.69, 9.17) is 37.6 Å². The van der Waals surface area contributed by atoms with E-state index in [1.165, 1.54) is 0 Å². The average molecular weight is 368 g/mol. The quantitative estimate of drug-likeness (QED) is 0.215. The first kappa shape index (κ1) is 27.6. The maximum absolute atomic E-state index is 10.2. The molecule has 1 amide bonds. The fourth-order valence-corrected chi connectivity index (χ4v) is 0.879. The third kappa shape index (κ3) is 17.9. The average Bonchev–Trinajstić information content (AvgIpc) is 2.52. The van der Waals surface area contributed by atoms with Crippen LogP contribution in [0.3, 0.4) is 0 Å².